The number of carbonyl (C=O) groups excluding carboxylic acids is 1. The van der Waals surface area contributed by atoms with E-state index < -0.39 is 5.97 Å². The first-order valence-electron chi connectivity index (χ1n) is 8.73. The van der Waals surface area contributed by atoms with Crippen LogP contribution in [0.3, 0.4) is 0 Å². The van der Waals surface area contributed by atoms with Crippen LogP contribution < -0.4 is 0 Å². The lowest BCUT2D eigenvalue weighted by Crippen LogP contribution is -2.05. The molecule has 6 nitrogen and oxygen atoms in total. The number of imidazole rings is 1. The summed E-state index contributed by atoms with van der Waals surface area (Å²) in [7, 11) is 0. The Morgan fingerprint density at radius 1 is 1.22 bits per heavy atom. The van der Waals surface area contributed by atoms with E-state index in [1.54, 1.807) is 23.3 Å². The quantitative estimate of drug-likeness (QED) is 0.490. The maximum absolute atomic E-state index is 12.6. The zero-order valence-electron chi connectivity index (χ0n) is 15.1. The van der Waals surface area contributed by atoms with Crippen molar-refractivity contribution in [1.29, 1.82) is 0 Å². The first kappa shape index (κ1) is 17.0. The lowest BCUT2D eigenvalue weighted by Gasteiger charge is -2.07. The largest absolute Gasteiger partial charge is 0.463 e. The Morgan fingerprint density at radius 3 is 2.89 bits per heavy atom. The molecule has 27 heavy (non-hydrogen) atoms. The molecule has 0 radical (unpaired) electrons. The van der Waals surface area contributed by atoms with Crippen molar-refractivity contribution in [3.63, 3.8) is 0 Å². The van der Waals surface area contributed by atoms with Gasteiger partial charge in [0.25, 0.3) is 0 Å². The van der Waals surface area contributed by atoms with Crippen LogP contribution >= 0.6 is 0 Å². The standard InChI is InChI=1S/C21H19N3O3/c1-14(2)16-3-4-19-17(10-16)18(12-26-19)21(25)27-11-15-5-6-23-20(9-15)24-8-7-22-13-24/h3-10,12-14H,11H2,1-2H3. The van der Waals surface area contributed by atoms with Gasteiger partial charge >= 0.3 is 5.97 Å². The summed E-state index contributed by atoms with van der Waals surface area (Å²) in [5.74, 6) is 0.679. The van der Waals surface area contributed by atoms with Crippen molar-refractivity contribution in [3.8, 4) is 5.82 Å². The number of nitrogens with zero attached hydrogens (tertiary/aromatic N) is 3. The van der Waals surface area contributed by atoms with Crippen molar-refractivity contribution >= 4 is 16.9 Å². The van der Waals surface area contributed by atoms with Gasteiger partial charge in [0, 0.05) is 24.0 Å². The molecule has 0 saturated carbocycles. The van der Waals surface area contributed by atoms with Crippen LogP contribution in [0.25, 0.3) is 16.8 Å². The average molecular weight is 361 g/mol. The van der Waals surface area contributed by atoms with Crippen molar-refractivity contribution in [2.24, 2.45) is 0 Å². The summed E-state index contributed by atoms with van der Waals surface area (Å²) in [5.41, 5.74) is 3.11. The number of furan rings is 1. The van der Waals surface area contributed by atoms with Crippen LogP contribution in [0.5, 0.6) is 0 Å². The van der Waals surface area contributed by atoms with E-state index in [-0.39, 0.29) is 6.61 Å². The van der Waals surface area contributed by atoms with Crippen molar-refractivity contribution in [3.05, 3.63) is 78.2 Å². The normalized spacial score (nSPS) is 11.2. The Bertz CT molecular complexity index is 1080. The molecule has 0 unspecified atom stereocenters. The summed E-state index contributed by atoms with van der Waals surface area (Å²) in [6.07, 6.45) is 8.30. The second kappa shape index (κ2) is 7.07. The Balaban J connectivity index is 1.52. The van der Waals surface area contributed by atoms with Crippen molar-refractivity contribution < 1.29 is 13.9 Å². The highest BCUT2D eigenvalue weighted by atomic mass is 16.5. The SMILES string of the molecule is CC(C)c1ccc2occ(C(=O)OCc3ccnc(-n4ccnc4)c3)c2c1. The van der Waals surface area contributed by atoms with Gasteiger partial charge in [-0.15, -0.1) is 0 Å². The molecule has 0 fully saturated rings. The van der Waals surface area contributed by atoms with E-state index in [4.69, 9.17) is 9.15 Å². The van der Waals surface area contributed by atoms with E-state index in [9.17, 15) is 4.79 Å². The predicted octanol–water partition coefficient (Wildman–Crippen LogP) is 4.49. The number of ether oxygens (including phenoxy) is 1. The Hall–Kier alpha value is -3.41. The van der Waals surface area contributed by atoms with Gasteiger partial charge in [0.15, 0.2) is 0 Å². The molecular weight excluding hydrogens is 342 g/mol. The van der Waals surface area contributed by atoms with Gasteiger partial charge < -0.3 is 9.15 Å². The molecule has 1 aromatic carbocycles. The highest BCUT2D eigenvalue weighted by molar-refractivity contribution is 6.03. The van der Waals surface area contributed by atoms with E-state index in [0.29, 0.717) is 17.1 Å². The molecule has 136 valence electrons. The van der Waals surface area contributed by atoms with Crippen LogP contribution in [0.2, 0.25) is 0 Å². The minimum Gasteiger partial charge on any atom is -0.463 e. The molecule has 4 aromatic rings. The topological polar surface area (TPSA) is 70.2 Å². The smallest absolute Gasteiger partial charge is 0.342 e. The van der Waals surface area contributed by atoms with Gasteiger partial charge in [-0.2, -0.15) is 0 Å². The van der Waals surface area contributed by atoms with Gasteiger partial charge in [-0.3, -0.25) is 4.57 Å². The zero-order valence-corrected chi connectivity index (χ0v) is 15.1. The monoisotopic (exact) mass is 361 g/mol. The molecule has 0 amide bonds. The van der Waals surface area contributed by atoms with E-state index >= 15 is 0 Å². The highest BCUT2D eigenvalue weighted by Crippen LogP contribution is 2.26. The number of benzene rings is 1. The van der Waals surface area contributed by atoms with Crippen LogP contribution in [0, 0.1) is 0 Å². The number of aromatic nitrogens is 3. The summed E-state index contributed by atoms with van der Waals surface area (Å²) in [6.45, 7) is 4.38. The third-order valence-electron chi connectivity index (χ3n) is 4.43. The Labute approximate surface area is 156 Å². The van der Waals surface area contributed by atoms with E-state index in [1.165, 1.54) is 6.26 Å². The minimum atomic E-state index is -0.407. The second-order valence-corrected chi connectivity index (χ2v) is 6.63. The number of rotatable bonds is 5. The highest BCUT2D eigenvalue weighted by Gasteiger charge is 2.16. The minimum absolute atomic E-state index is 0.152. The van der Waals surface area contributed by atoms with E-state index in [1.807, 2.05) is 36.5 Å². The maximum atomic E-state index is 12.6. The molecule has 6 heteroatoms. The third-order valence-corrected chi connectivity index (χ3v) is 4.43. The molecule has 0 aliphatic heterocycles. The van der Waals surface area contributed by atoms with E-state index in [0.717, 1.165) is 22.3 Å². The molecule has 0 saturated heterocycles. The van der Waals surface area contributed by atoms with Gasteiger partial charge in [-0.25, -0.2) is 14.8 Å². The van der Waals surface area contributed by atoms with Crippen LogP contribution in [0.4, 0.5) is 0 Å². The summed E-state index contributed by atoms with van der Waals surface area (Å²) in [4.78, 5) is 20.9. The van der Waals surface area contributed by atoms with Crippen molar-refractivity contribution in [2.75, 3.05) is 0 Å². The summed E-state index contributed by atoms with van der Waals surface area (Å²) in [6, 6.07) is 9.57. The summed E-state index contributed by atoms with van der Waals surface area (Å²) in [5, 5.41) is 0.778. The maximum Gasteiger partial charge on any atom is 0.342 e. The number of fused-ring (bicyclic) bond motifs is 1. The molecule has 0 N–H and O–H groups in total. The van der Waals surface area contributed by atoms with Crippen LogP contribution in [0.15, 0.2) is 65.9 Å². The van der Waals surface area contributed by atoms with Gasteiger partial charge in [0.1, 0.15) is 36.2 Å². The van der Waals surface area contributed by atoms with Crippen LogP contribution in [-0.4, -0.2) is 20.5 Å². The number of pyridine rings is 1. The van der Waals surface area contributed by atoms with Gasteiger partial charge in [0.2, 0.25) is 0 Å². The van der Waals surface area contributed by atoms with Crippen molar-refractivity contribution in [1.82, 2.24) is 14.5 Å². The molecule has 0 spiro atoms. The molecule has 0 bridgehead atoms. The second-order valence-electron chi connectivity index (χ2n) is 6.63. The molecular formula is C21H19N3O3. The molecule has 0 aliphatic carbocycles. The first-order valence-corrected chi connectivity index (χ1v) is 8.73. The average Bonchev–Trinajstić information content (AvgIpc) is 3.35. The Morgan fingerprint density at radius 2 is 2.11 bits per heavy atom. The van der Waals surface area contributed by atoms with Gasteiger partial charge in [-0.1, -0.05) is 19.9 Å². The molecule has 3 aromatic heterocycles. The fourth-order valence-electron chi connectivity index (χ4n) is 2.88. The predicted molar refractivity (Wildman–Crippen MR) is 101 cm³/mol. The lowest BCUT2D eigenvalue weighted by atomic mass is 10.0. The third kappa shape index (κ3) is 3.46. The molecule has 0 aliphatic rings. The number of esters is 1. The van der Waals surface area contributed by atoms with Gasteiger partial charge in [-0.05, 0) is 41.3 Å². The van der Waals surface area contributed by atoms with Gasteiger partial charge in [0.05, 0.1) is 0 Å². The fourth-order valence-corrected chi connectivity index (χ4v) is 2.88. The molecule has 3 heterocycles. The summed E-state index contributed by atoms with van der Waals surface area (Å²) >= 11 is 0. The Kier molecular flexibility index (Phi) is 4.46. The number of hydrogen-bond acceptors (Lipinski definition) is 5. The fraction of sp³-hybridized carbons (Fsp3) is 0.190. The van der Waals surface area contributed by atoms with Crippen LogP contribution in [0.1, 0.15) is 41.3 Å². The van der Waals surface area contributed by atoms with E-state index in [2.05, 4.69) is 23.8 Å². The molecule has 4 rings (SSSR count). The van der Waals surface area contributed by atoms with Crippen LogP contribution in [-0.2, 0) is 11.3 Å². The number of hydrogen-bond donors (Lipinski definition) is 0. The first-order chi connectivity index (χ1) is 13.1. The number of carbonyl (C=O) groups is 1. The lowest BCUT2D eigenvalue weighted by molar-refractivity contribution is 0.0474. The van der Waals surface area contributed by atoms with Crippen molar-refractivity contribution in [2.45, 2.75) is 26.4 Å². The molecule has 0 atom stereocenters. The zero-order chi connectivity index (χ0) is 18.8. The summed E-state index contributed by atoms with van der Waals surface area (Å²) < 4.78 is 12.8.